The molecule has 2 heterocycles. The minimum Gasteiger partial charge on any atom is -0.337 e. The highest BCUT2D eigenvalue weighted by molar-refractivity contribution is 5.96. The summed E-state index contributed by atoms with van der Waals surface area (Å²) in [7, 11) is 0. The summed E-state index contributed by atoms with van der Waals surface area (Å²) in [5, 5.41) is 14.5. The fourth-order valence-electron chi connectivity index (χ4n) is 1.73. The number of benzene rings is 1. The van der Waals surface area contributed by atoms with Crippen molar-refractivity contribution in [1.82, 2.24) is 10.2 Å². The Kier molecular flexibility index (Phi) is 3.30. The van der Waals surface area contributed by atoms with Gasteiger partial charge in [0.25, 0.3) is 0 Å². The Morgan fingerprint density at radius 2 is 1.71 bits per heavy atom. The first kappa shape index (κ1) is 12.8. The summed E-state index contributed by atoms with van der Waals surface area (Å²) in [5.41, 5.74) is 0.872. The third-order valence-electron chi connectivity index (χ3n) is 2.69. The summed E-state index contributed by atoms with van der Waals surface area (Å²) in [6.07, 6.45) is 2.25. The van der Waals surface area contributed by atoms with Gasteiger partial charge in [-0.2, -0.15) is 0 Å². The predicted octanol–water partition coefficient (Wildman–Crippen LogP) is 1.94. The molecular formula is C14H10N5O2+. The minimum atomic E-state index is -0.511. The molecule has 0 saturated carbocycles. The lowest BCUT2D eigenvalue weighted by molar-refractivity contribution is -0.430. The summed E-state index contributed by atoms with van der Waals surface area (Å²) < 4.78 is 0.918. The number of amides is 2. The van der Waals surface area contributed by atoms with Gasteiger partial charge in [0.2, 0.25) is 0 Å². The molecular weight excluding hydrogens is 270 g/mol. The molecule has 1 aromatic carbocycles. The Labute approximate surface area is 119 Å². The van der Waals surface area contributed by atoms with Crippen LogP contribution in [-0.2, 0) is 9.59 Å². The molecule has 3 rings (SSSR count). The van der Waals surface area contributed by atoms with Crippen LogP contribution in [-0.4, -0.2) is 26.7 Å². The van der Waals surface area contributed by atoms with Crippen molar-refractivity contribution >= 4 is 29.1 Å². The monoisotopic (exact) mass is 280 g/mol. The van der Waals surface area contributed by atoms with E-state index in [0.717, 1.165) is 22.5 Å². The molecule has 1 aromatic heterocycles. The first-order chi connectivity index (χ1) is 10.2. The zero-order chi connectivity index (χ0) is 14.7. The highest BCUT2D eigenvalue weighted by Gasteiger charge is 2.24. The Bertz CT molecular complexity index is 751. The SMILES string of the molecule is O=C1C=CC(=O)[N+](c2ccc(Nc3ccccc3)nn2)=N1. The van der Waals surface area contributed by atoms with Crippen LogP contribution in [0.1, 0.15) is 0 Å². The quantitative estimate of drug-likeness (QED) is 0.868. The van der Waals surface area contributed by atoms with E-state index in [0.29, 0.717) is 5.82 Å². The molecule has 21 heavy (non-hydrogen) atoms. The van der Waals surface area contributed by atoms with E-state index in [9.17, 15) is 9.59 Å². The summed E-state index contributed by atoms with van der Waals surface area (Å²) in [4.78, 5) is 22.8. The Hall–Kier alpha value is -3.22. The number of para-hydroxylation sites is 1. The predicted molar refractivity (Wildman–Crippen MR) is 73.3 cm³/mol. The van der Waals surface area contributed by atoms with E-state index in [-0.39, 0.29) is 5.82 Å². The molecule has 0 aliphatic carbocycles. The zero-order valence-electron chi connectivity index (χ0n) is 10.8. The molecule has 0 saturated heterocycles. The first-order valence-electron chi connectivity index (χ1n) is 6.16. The second-order valence-corrected chi connectivity index (χ2v) is 4.19. The number of carbonyl (C=O) groups is 2. The van der Waals surface area contributed by atoms with Gasteiger partial charge >= 0.3 is 17.6 Å². The van der Waals surface area contributed by atoms with E-state index in [2.05, 4.69) is 20.6 Å². The number of azo groups is 2. The van der Waals surface area contributed by atoms with Gasteiger partial charge in [-0.3, -0.25) is 4.79 Å². The lowest BCUT2D eigenvalue weighted by Crippen LogP contribution is -2.18. The van der Waals surface area contributed by atoms with E-state index in [1.54, 1.807) is 12.1 Å². The average molecular weight is 280 g/mol. The zero-order valence-corrected chi connectivity index (χ0v) is 10.8. The molecule has 0 spiro atoms. The fourth-order valence-corrected chi connectivity index (χ4v) is 1.73. The Morgan fingerprint density at radius 3 is 2.43 bits per heavy atom. The number of nitrogens with one attached hydrogen (secondary N) is 1. The molecule has 7 heteroatoms. The maximum Gasteiger partial charge on any atom is 0.379 e. The van der Waals surface area contributed by atoms with Crippen LogP contribution in [0.25, 0.3) is 0 Å². The molecule has 1 N–H and O–H groups in total. The minimum absolute atomic E-state index is 0.191. The largest absolute Gasteiger partial charge is 0.379 e. The van der Waals surface area contributed by atoms with Crippen LogP contribution >= 0.6 is 0 Å². The van der Waals surface area contributed by atoms with E-state index in [4.69, 9.17) is 0 Å². The van der Waals surface area contributed by atoms with Crippen LogP contribution in [0.4, 0.5) is 17.3 Å². The van der Waals surface area contributed by atoms with Crippen molar-refractivity contribution in [2.75, 3.05) is 5.32 Å². The number of aromatic nitrogens is 2. The second-order valence-electron chi connectivity index (χ2n) is 4.19. The number of carbonyl (C=O) groups excluding carboxylic acids is 2. The molecule has 102 valence electrons. The van der Waals surface area contributed by atoms with Crippen LogP contribution in [0.15, 0.2) is 59.7 Å². The molecule has 2 amide bonds. The van der Waals surface area contributed by atoms with Gasteiger partial charge < -0.3 is 5.32 Å². The lowest BCUT2D eigenvalue weighted by atomic mass is 10.3. The highest BCUT2D eigenvalue weighted by atomic mass is 16.2. The molecule has 0 unspecified atom stereocenters. The molecule has 0 fully saturated rings. The normalized spacial score (nSPS) is 14.0. The summed E-state index contributed by atoms with van der Waals surface area (Å²) >= 11 is 0. The third-order valence-corrected chi connectivity index (χ3v) is 2.69. The van der Waals surface area contributed by atoms with E-state index >= 15 is 0 Å². The standard InChI is InChI=1S/C14H9N5O2/c20-13-8-9-14(21)19(18-13)12-7-6-11(16-17-12)15-10-4-2-1-3-5-10/h1-9H/p+1. The van der Waals surface area contributed by atoms with Gasteiger partial charge in [-0.1, -0.05) is 18.2 Å². The lowest BCUT2D eigenvalue weighted by Gasteiger charge is -2.02. The van der Waals surface area contributed by atoms with Crippen molar-refractivity contribution in [2.45, 2.75) is 0 Å². The van der Waals surface area contributed by atoms with Crippen LogP contribution in [0.5, 0.6) is 0 Å². The number of nitrogens with zero attached hydrogens (tertiary/aromatic N) is 4. The van der Waals surface area contributed by atoms with Crippen molar-refractivity contribution in [3.05, 3.63) is 54.6 Å². The first-order valence-corrected chi connectivity index (χ1v) is 6.16. The Morgan fingerprint density at radius 1 is 0.905 bits per heavy atom. The maximum atomic E-state index is 11.6. The van der Waals surface area contributed by atoms with Gasteiger partial charge in [-0.15, -0.1) is 0 Å². The van der Waals surface area contributed by atoms with Crippen molar-refractivity contribution < 1.29 is 14.3 Å². The van der Waals surface area contributed by atoms with Gasteiger partial charge in [0.1, 0.15) is 0 Å². The molecule has 0 bridgehead atoms. The molecule has 7 nitrogen and oxygen atoms in total. The van der Waals surface area contributed by atoms with Gasteiger partial charge in [0.15, 0.2) is 5.82 Å². The van der Waals surface area contributed by atoms with Crippen LogP contribution in [0.3, 0.4) is 0 Å². The van der Waals surface area contributed by atoms with Crippen molar-refractivity contribution in [1.29, 1.82) is 0 Å². The van der Waals surface area contributed by atoms with Gasteiger partial charge in [-0.25, -0.2) is 4.79 Å². The van der Waals surface area contributed by atoms with Crippen molar-refractivity contribution in [2.24, 2.45) is 5.11 Å². The molecule has 0 atom stereocenters. The summed E-state index contributed by atoms with van der Waals surface area (Å²) in [5.74, 6) is -0.233. The van der Waals surface area contributed by atoms with Crippen molar-refractivity contribution in [3.63, 3.8) is 0 Å². The molecule has 1 aliphatic heterocycles. The summed E-state index contributed by atoms with van der Waals surface area (Å²) in [6, 6.07) is 12.7. The van der Waals surface area contributed by atoms with E-state index in [1.807, 2.05) is 30.3 Å². The number of rotatable bonds is 3. The van der Waals surface area contributed by atoms with E-state index in [1.165, 1.54) is 0 Å². The molecule has 0 radical (unpaired) electrons. The fraction of sp³-hybridized carbons (Fsp3) is 0. The van der Waals surface area contributed by atoms with Gasteiger partial charge in [-0.05, 0) is 33.1 Å². The number of hydrogen-bond acceptors (Lipinski definition) is 5. The summed E-state index contributed by atoms with van der Waals surface area (Å²) in [6.45, 7) is 0. The molecule has 2 aromatic rings. The second kappa shape index (κ2) is 5.41. The smallest absolute Gasteiger partial charge is 0.337 e. The van der Waals surface area contributed by atoms with E-state index < -0.39 is 11.8 Å². The van der Waals surface area contributed by atoms with Crippen LogP contribution < -0.4 is 5.32 Å². The van der Waals surface area contributed by atoms with Crippen molar-refractivity contribution in [3.8, 4) is 0 Å². The van der Waals surface area contributed by atoms with Gasteiger partial charge in [0, 0.05) is 23.9 Å². The van der Waals surface area contributed by atoms with Crippen LogP contribution in [0, 0.1) is 0 Å². The van der Waals surface area contributed by atoms with Crippen LogP contribution in [0.2, 0.25) is 0 Å². The number of hydrogen-bond donors (Lipinski definition) is 1. The number of anilines is 2. The Balaban J connectivity index is 1.81. The maximum absolute atomic E-state index is 11.6. The third kappa shape index (κ3) is 2.86. The van der Waals surface area contributed by atoms with Gasteiger partial charge in [0.05, 0.1) is 5.10 Å². The average Bonchev–Trinajstić information content (AvgIpc) is 2.52. The topological polar surface area (TPSA) is 87.3 Å². The molecule has 1 aliphatic rings. The highest BCUT2D eigenvalue weighted by Crippen LogP contribution is 2.16.